The van der Waals surface area contributed by atoms with Gasteiger partial charge in [-0.2, -0.15) is 10.3 Å². The summed E-state index contributed by atoms with van der Waals surface area (Å²) in [6.45, 7) is 0.0827. The Morgan fingerprint density at radius 2 is 1.87 bits per heavy atom. The summed E-state index contributed by atoms with van der Waals surface area (Å²) in [7, 11) is 0. The number of piperazine rings is 1. The van der Waals surface area contributed by atoms with Crippen molar-refractivity contribution in [1.29, 1.82) is 5.26 Å². The van der Waals surface area contributed by atoms with Crippen LogP contribution in [0.5, 0.6) is 0 Å². The molecule has 2 atom stereocenters. The molecule has 3 heterocycles. The van der Waals surface area contributed by atoms with E-state index in [2.05, 4.69) is 15.6 Å². The lowest BCUT2D eigenvalue weighted by molar-refractivity contribution is -0.157. The second-order valence-electron chi connectivity index (χ2n) is 11.0. The monoisotopic (exact) mass is 637 g/mol. The number of nitrogens with zero attached hydrogens (tertiary/aromatic N) is 6. The highest BCUT2D eigenvalue weighted by molar-refractivity contribution is 7.22. The summed E-state index contributed by atoms with van der Waals surface area (Å²) < 4.78 is 0.898. The number of anilines is 2. The van der Waals surface area contributed by atoms with Crippen molar-refractivity contribution in [2.24, 2.45) is 0 Å². The molecule has 2 fully saturated rings. The highest BCUT2D eigenvalue weighted by Crippen LogP contribution is 2.32. The van der Waals surface area contributed by atoms with Crippen molar-refractivity contribution in [3.05, 3.63) is 89.5 Å². The van der Waals surface area contributed by atoms with Gasteiger partial charge in [-0.15, -0.1) is 0 Å². The van der Waals surface area contributed by atoms with E-state index in [0.29, 0.717) is 22.7 Å². The molecule has 14 heteroatoms. The fraction of sp³-hybridized carbons (Fsp3) is 0.250. The van der Waals surface area contributed by atoms with E-state index in [0.717, 1.165) is 21.4 Å². The van der Waals surface area contributed by atoms with Gasteiger partial charge in [0.15, 0.2) is 5.13 Å². The lowest BCUT2D eigenvalue weighted by Crippen LogP contribution is -2.66. The number of benzene rings is 3. The van der Waals surface area contributed by atoms with Gasteiger partial charge in [-0.3, -0.25) is 14.4 Å². The summed E-state index contributed by atoms with van der Waals surface area (Å²) in [5, 5.41) is 18.4. The number of rotatable bonds is 10. The van der Waals surface area contributed by atoms with Crippen molar-refractivity contribution in [2.45, 2.75) is 31.7 Å². The number of thiazole rings is 1. The van der Waals surface area contributed by atoms with Crippen LogP contribution in [0.2, 0.25) is 0 Å². The molecule has 0 bridgehead atoms. The quantitative estimate of drug-likeness (QED) is 0.176. The zero-order valence-corrected chi connectivity index (χ0v) is 25.5. The van der Waals surface area contributed by atoms with E-state index in [9.17, 15) is 24.4 Å². The van der Waals surface area contributed by atoms with Crippen molar-refractivity contribution < 1.29 is 19.2 Å². The van der Waals surface area contributed by atoms with Crippen molar-refractivity contribution in [1.82, 2.24) is 30.1 Å². The molecule has 0 aliphatic carbocycles. The van der Waals surface area contributed by atoms with E-state index in [1.807, 2.05) is 54.6 Å². The number of urea groups is 1. The fourth-order valence-electron chi connectivity index (χ4n) is 5.99. The van der Waals surface area contributed by atoms with Gasteiger partial charge in [0.05, 0.1) is 29.4 Å². The van der Waals surface area contributed by atoms with Crippen LogP contribution >= 0.6 is 11.3 Å². The lowest BCUT2D eigenvalue weighted by Gasteiger charge is -2.46. The van der Waals surface area contributed by atoms with Gasteiger partial charge in [-0.25, -0.2) is 14.8 Å². The highest BCUT2D eigenvalue weighted by atomic mass is 32.1. The minimum absolute atomic E-state index is 0.104. The number of fused-ring (bicyclic) bond motifs is 2. The molecule has 5 amide bonds. The third kappa shape index (κ3) is 6.19. The van der Waals surface area contributed by atoms with E-state index >= 15 is 0 Å². The average Bonchev–Trinajstić information content (AvgIpc) is 3.61. The minimum Gasteiger partial charge on any atom is -0.375 e. The van der Waals surface area contributed by atoms with E-state index in [4.69, 9.17) is 5.73 Å². The van der Waals surface area contributed by atoms with Crippen LogP contribution in [0.15, 0.2) is 72.8 Å². The molecular weight excluding hydrogens is 606 g/mol. The topological polar surface area (TPSA) is 168 Å². The van der Waals surface area contributed by atoms with E-state index in [1.54, 1.807) is 34.2 Å². The largest absolute Gasteiger partial charge is 0.375 e. The van der Waals surface area contributed by atoms with Gasteiger partial charge in [0, 0.05) is 25.2 Å². The molecule has 0 saturated carbocycles. The van der Waals surface area contributed by atoms with Crippen LogP contribution < -0.4 is 16.4 Å². The van der Waals surface area contributed by atoms with Gasteiger partial charge >= 0.3 is 6.03 Å². The fourth-order valence-corrected chi connectivity index (χ4v) is 6.77. The van der Waals surface area contributed by atoms with Crippen molar-refractivity contribution in [3.8, 4) is 6.07 Å². The maximum atomic E-state index is 14.2. The first-order valence-corrected chi connectivity index (χ1v) is 15.4. The van der Waals surface area contributed by atoms with E-state index in [1.165, 1.54) is 21.2 Å². The second kappa shape index (κ2) is 13.2. The standard InChI is InChI=1S/C32H31N9O4S/c33-13-14-39(32(45)35-16-22-5-2-1-3-6-22)40-19-28(43)41-25(15-21-9-11-24(12-10-21)36-20-42)30(44)38(18-27(40)41)17-23-7-4-8-26-29(23)37-31(34)46-26/h1-12,20,25,27H,14-19H2,(H2,34,37)(H,35,45)(H,36,42)/t25-,27+/m0/s1. The number of nitriles is 1. The first-order chi connectivity index (χ1) is 22.4. The highest BCUT2D eigenvalue weighted by Gasteiger charge is 2.52. The maximum absolute atomic E-state index is 14.2. The number of hydrogen-bond acceptors (Lipinski definition) is 9. The summed E-state index contributed by atoms with van der Waals surface area (Å²) in [4.78, 5) is 59.9. The van der Waals surface area contributed by atoms with Crippen molar-refractivity contribution in [2.75, 3.05) is 30.7 Å². The smallest absolute Gasteiger partial charge is 0.333 e. The molecule has 0 unspecified atom stereocenters. The van der Waals surface area contributed by atoms with Crippen molar-refractivity contribution in [3.63, 3.8) is 0 Å². The van der Waals surface area contributed by atoms with Crippen LogP contribution in [0.25, 0.3) is 10.2 Å². The third-order valence-electron chi connectivity index (χ3n) is 8.11. The summed E-state index contributed by atoms with van der Waals surface area (Å²) in [5.74, 6) is -0.572. The first kappa shape index (κ1) is 30.5. The molecule has 1 aromatic heterocycles. The van der Waals surface area contributed by atoms with Gasteiger partial charge in [-0.05, 0) is 34.9 Å². The Kier molecular flexibility index (Phi) is 8.77. The third-order valence-corrected chi connectivity index (χ3v) is 8.96. The predicted molar refractivity (Wildman–Crippen MR) is 171 cm³/mol. The molecule has 0 spiro atoms. The van der Waals surface area contributed by atoms with E-state index < -0.39 is 18.2 Å². The number of hydrazine groups is 1. The Bertz CT molecular complexity index is 1810. The van der Waals surface area contributed by atoms with Gasteiger partial charge in [0.25, 0.3) is 0 Å². The van der Waals surface area contributed by atoms with Gasteiger partial charge in [0.2, 0.25) is 18.2 Å². The molecule has 13 nitrogen and oxygen atoms in total. The van der Waals surface area contributed by atoms with Crippen LogP contribution in [-0.2, 0) is 33.9 Å². The number of carbonyl (C=O) groups excluding carboxylic acids is 4. The van der Waals surface area contributed by atoms with Crippen LogP contribution in [0.4, 0.5) is 15.6 Å². The number of para-hydroxylation sites is 1. The molecule has 0 radical (unpaired) electrons. The number of carbonyl (C=O) groups is 4. The molecule has 4 aromatic rings. The Hall–Kier alpha value is -5.52. The summed E-state index contributed by atoms with van der Waals surface area (Å²) >= 11 is 1.36. The lowest BCUT2D eigenvalue weighted by atomic mass is 9.99. The van der Waals surface area contributed by atoms with Gasteiger partial charge in [0.1, 0.15) is 18.8 Å². The summed E-state index contributed by atoms with van der Waals surface area (Å²) in [6.07, 6.45) is 0.0832. The Labute approximate surface area is 268 Å². The molecule has 2 aliphatic heterocycles. The first-order valence-electron chi connectivity index (χ1n) is 14.6. The normalized spacial score (nSPS) is 17.9. The Morgan fingerprint density at radius 3 is 2.61 bits per heavy atom. The molecule has 3 aromatic carbocycles. The number of nitrogen functional groups attached to an aromatic ring is 1. The SMILES string of the molecule is N#CCN(C(=O)NCc1ccccc1)N1CC(=O)N2[C@@H](Cc3ccc(NC=O)cc3)C(=O)N(Cc3cccc4sc(N)nc34)C[C@@H]21. The molecule has 6 rings (SSSR count). The number of amides is 5. The van der Waals surface area contributed by atoms with Crippen LogP contribution in [0.1, 0.15) is 16.7 Å². The zero-order valence-electron chi connectivity index (χ0n) is 24.7. The van der Waals surface area contributed by atoms with Crippen LogP contribution in [0, 0.1) is 11.3 Å². The van der Waals surface area contributed by atoms with Gasteiger partial charge < -0.3 is 26.2 Å². The number of aromatic nitrogens is 1. The number of nitrogens with two attached hydrogens (primary N) is 1. The maximum Gasteiger partial charge on any atom is 0.333 e. The molecule has 2 aliphatic rings. The number of hydrogen-bond donors (Lipinski definition) is 3. The second-order valence-corrected chi connectivity index (χ2v) is 12.0. The summed E-state index contributed by atoms with van der Waals surface area (Å²) in [5.41, 5.74) is 9.77. The average molecular weight is 638 g/mol. The van der Waals surface area contributed by atoms with Crippen LogP contribution in [0.3, 0.4) is 0 Å². The number of nitrogens with one attached hydrogen (secondary N) is 2. The van der Waals surface area contributed by atoms with E-state index in [-0.39, 0.29) is 51.0 Å². The predicted octanol–water partition coefficient (Wildman–Crippen LogP) is 2.52. The Morgan fingerprint density at radius 1 is 1.09 bits per heavy atom. The van der Waals surface area contributed by atoms with Gasteiger partial charge in [-0.1, -0.05) is 65.9 Å². The molecule has 2 saturated heterocycles. The molecule has 46 heavy (non-hydrogen) atoms. The molecule has 234 valence electrons. The Balaban J connectivity index is 1.31. The molecule has 4 N–H and O–H groups in total. The zero-order chi connectivity index (χ0) is 32.2. The minimum atomic E-state index is -0.878. The van der Waals surface area contributed by atoms with Crippen LogP contribution in [-0.4, -0.2) is 80.9 Å². The summed E-state index contributed by atoms with van der Waals surface area (Å²) in [6, 6.07) is 22.8. The van der Waals surface area contributed by atoms with Crippen molar-refractivity contribution >= 4 is 56.6 Å². The molecular formula is C32H31N9O4S.